The number of ketones is 4. The number of benzene rings is 2. The highest BCUT2D eigenvalue weighted by atomic mass is 16.5. The van der Waals surface area contributed by atoms with E-state index < -0.39 is 12.0 Å². The van der Waals surface area contributed by atoms with Crippen LogP contribution in [0.3, 0.4) is 0 Å². The Bertz CT molecular complexity index is 4030. The molecule has 3 N–H and O–H groups in total. The van der Waals surface area contributed by atoms with Crippen LogP contribution in [0.2, 0.25) is 0 Å². The van der Waals surface area contributed by atoms with E-state index in [9.17, 15) is 52.7 Å². The third-order valence-electron chi connectivity index (χ3n) is 17.4. The molecule has 3 aliphatic heterocycles. The highest BCUT2D eigenvalue weighted by Gasteiger charge is 2.36. The summed E-state index contributed by atoms with van der Waals surface area (Å²) in [5.74, 6) is -2.01. The Morgan fingerprint density at radius 2 is 1.49 bits per heavy atom. The van der Waals surface area contributed by atoms with Gasteiger partial charge in [-0.25, -0.2) is 4.98 Å². The van der Waals surface area contributed by atoms with Crippen LogP contribution in [0.1, 0.15) is 158 Å². The Morgan fingerprint density at radius 3 is 2.19 bits per heavy atom. The predicted octanol–water partition coefficient (Wildman–Crippen LogP) is 8.44. The van der Waals surface area contributed by atoms with E-state index >= 15 is 0 Å². The van der Waals surface area contributed by atoms with Crippen molar-refractivity contribution in [1.29, 1.82) is 0 Å². The minimum absolute atomic E-state index is 0.00980. The number of imide groups is 1. The van der Waals surface area contributed by atoms with Gasteiger partial charge in [-0.2, -0.15) is 0 Å². The summed E-state index contributed by atoms with van der Waals surface area (Å²) in [5, 5.41) is 9.15. The van der Waals surface area contributed by atoms with E-state index in [0.717, 1.165) is 34.9 Å². The number of hydrogen-bond donors (Lipinski definition) is 3. The molecule has 4 aromatic heterocycles. The molecular weight excluding hydrogens is 1240 g/mol. The summed E-state index contributed by atoms with van der Waals surface area (Å²) in [5.41, 5.74) is 6.82. The number of rotatable bonds is 32. The monoisotopic (exact) mass is 1330 g/mol. The summed E-state index contributed by atoms with van der Waals surface area (Å²) in [6.45, 7) is 18.5. The fourth-order valence-corrected chi connectivity index (χ4v) is 11.8. The molecule has 2 fully saturated rings. The molecule has 9 rings (SSSR count). The molecule has 0 bridgehead atoms. The quantitative estimate of drug-likeness (QED) is 0.0154. The van der Waals surface area contributed by atoms with Gasteiger partial charge in [0.1, 0.15) is 28.7 Å². The van der Waals surface area contributed by atoms with Crippen molar-refractivity contribution in [2.75, 3.05) is 56.8 Å². The Labute approximate surface area is 564 Å². The summed E-state index contributed by atoms with van der Waals surface area (Å²) in [6.07, 6.45) is 12.3. The van der Waals surface area contributed by atoms with E-state index in [2.05, 4.69) is 32.5 Å². The number of carbonyl (C=O) groups is 11. The molecule has 25 heteroatoms. The Hall–Kier alpha value is -9.75. The number of fused-ring (bicyclic) bond motifs is 3. The lowest BCUT2D eigenvalue weighted by atomic mass is 9.88. The number of aryl methyl sites for hydroxylation is 5. The van der Waals surface area contributed by atoms with Crippen molar-refractivity contribution in [1.82, 2.24) is 38.4 Å². The number of imidazole rings is 1. The van der Waals surface area contributed by atoms with Gasteiger partial charge in [0.25, 0.3) is 17.7 Å². The Kier molecular flexibility index (Phi) is 25.1. The normalized spacial score (nSPS) is 15.6. The van der Waals surface area contributed by atoms with E-state index in [0.29, 0.717) is 89.4 Å². The lowest BCUT2D eigenvalue weighted by molar-refractivity contribution is -0.139. The molecule has 2 aromatic carbocycles. The minimum atomic E-state index is -0.801. The lowest BCUT2D eigenvalue weighted by Gasteiger charge is -2.22. The van der Waals surface area contributed by atoms with Crippen molar-refractivity contribution in [3.05, 3.63) is 125 Å². The molecule has 1 unspecified atom stereocenters. The number of nitrogens with zero attached hydrogens (tertiary/aromatic N) is 8. The second-order valence-electron chi connectivity index (χ2n) is 25.6. The van der Waals surface area contributed by atoms with Crippen molar-refractivity contribution < 1.29 is 67.0 Å². The standard InChI is InChI=1S/C48H62N6O10.C24H27N5O4/c1-8-33-24-41(51(6)28-33)46(60)50-36-26-42(52(7)29-36)48(62)53-16-13-35-23-34(11-12-40(35)53)25-43(57)32(5)49-45(59)39(30(2)3)27-38(56)15-19-64-21-20-63-18-9-10-37(55)14-17-54-44(58)22-31(4)47(54)61;1-14-8-17-11-25-19-10-20(15(2)9-18(19)24(32)29(17)12-14)33-7-5-6-22(31)26-21-13-28(4)23(27-21)16(3)30/h11-13,16,23-24,26,28-32,39H,8-10,14-15,17-22,25,27H2,1-7H3,(H,49,59)(H,50,60);9-11,13,17H,1,5-8,12H2,2-4H3,(H,26,31)/t31?,32-,39-;17-/m00/s1. The molecule has 7 heterocycles. The zero-order valence-corrected chi connectivity index (χ0v) is 57.1. The summed E-state index contributed by atoms with van der Waals surface area (Å²) in [6, 6.07) is 13.4. The van der Waals surface area contributed by atoms with Crippen molar-refractivity contribution in [3.8, 4) is 5.75 Å². The van der Waals surface area contributed by atoms with Gasteiger partial charge in [0.2, 0.25) is 23.6 Å². The first-order valence-electron chi connectivity index (χ1n) is 33.0. The molecule has 0 spiro atoms. The third-order valence-corrected chi connectivity index (χ3v) is 17.4. The molecule has 516 valence electrons. The van der Waals surface area contributed by atoms with Crippen LogP contribution >= 0.6 is 0 Å². The first kappa shape index (κ1) is 73.1. The van der Waals surface area contributed by atoms with Gasteiger partial charge < -0.3 is 48.8 Å². The van der Waals surface area contributed by atoms with Crippen LogP contribution in [0.25, 0.3) is 10.9 Å². The molecule has 0 aliphatic carbocycles. The topological polar surface area (TPSA) is 303 Å². The smallest absolute Gasteiger partial charge is 0.279 e. The average molecular weight is 1330 g/mol. The zero-order valence-electron chi connectivity index (χ0n) is 57.1. The number of carbonyl (C=O) groups excluding carboxylic acids is 11. The van der Waals surface area contributed by atoms with Gasteiger partial charge in [0, 0.05) is 147 Å². The summed E-state index contributed by atoms with van der Waals surface area (Å²) >= 11 is 0. The largest absolute Gasteiger partial charge is 0.493 e. The number of likely N-dealkylation sites (tertiary alicyclic amines) is 1. The summed E-state index contributed by atoms with van der Waals surface area (Å²) in [4.78, 5) is 150. The molecule has 2 saturated heterocycles. The number of nitrogens with one attached hydrogen (secondary N) is 3. The number of Topliss-reactive ketones (excluding diaryl/α,β-unsaturated/α-hetero) is 4. The maximum atomic E-state index is 13.7. The van der Waals surface area contributed by atoms with E-state index in [1.165, 1.54) is 16.4 Å². The van der Waals surface area contributed by atoms with E-state index in [4.69, 9.17) is 14.2 Å². The maximum absolute atomic E-state index is 13.7. The second kappa shape index (κ2) is 33.3. The number of amides is 6. The number of ether oxygens (including phenoxy) is 3. The number of anilines is 2. The molecular formula is C72H89N11O14. The van der Waals surface area contributed by atoms with Gasteiger partial charge in [-0.05, 0) is 98.5 Å². The number of hydrogen-bond acceptors (Lipinski definition) is 16. The van der Waals surface area contributed by atoms with Crippen molar-refractivity contribution in [2.24, 2.45) is 43.9 Å². The van der Waals surface area contributed by atoms with Crippen molar-refractivity contribution >= 4 is 98.8 Å². The van der Waals surface area contributed by atoms with E-state index in [-0.39, 0.29) is 154 Å². The molecule has 4 atom stereocenters. The van der Waals surface area contributed by atoms with Crippen molar-refractivity contribution in [3.63, 3.8) is 0 Å². The summed E-state index contributed by atoms with van der Waals surface area (Å²) in [7, 11) is 5.26. The zero-order chi connectivity index (χ0) is 70.4. The Balaban J connectivity index is 0.000000303. The van der Waals surface area contributed by atoms with Gasteiger partial charge >= 0.3 is 0 Å². The van der Waals surface area contributed by atoms with Crippen LogP contribution in [-0.4, -0.2) is 162 Å². The average Bonchev–Trinajstić information content (AvgIpc) is 1.67. The number of aromatic nitrogens is 5. The van der Waals surface area contributed by atoms with Gasteiger partial charge in [0.15, 0.2) is 23.2 Å². The number of aliphatic imine (C=N–C) groups is 1. The molecule has 97 heavy (non-hydrogen) atoms. The lowest BCUT2D eigenvalue weighted by Crippen LogP contribution is -2.44. The first-order chi connectivity index (χ1) is 46.2. The molecule has 6 aromatic rings. The van der Waals surface area contributed by atoms with E-state index in [1.807, 2.05) is 59.1 Å². The predicted molar refractivity (Wildman–Crippen MR) is 364 cm³/mol. The highest BCUT2D eigenvalue weighted by Crippen LogP contribution is 2.35. The fraction of sp³-hybridized carbons (Fsp3) is 0.458. The molecule has 3 aliphatic rings. The van der Waals surface area contributed by atoms with Crippen LogP contribution in [0.5, 0.6) is 5.75 Å². The van der Waals surface area contributed by atoms with Crippen LogP contribution in [-0.2, 0) is 77.0 Å². The van der Waals surface area contributed by atoms with Crippen LogP contribution in [0.15, 0.2) is 90.5 Å². The molecule has 25 nitrogen and oxygen atoms in total. The highest BCUT2D eigenvalue weighted by molar-refractivity contribution is 6.07. The van der Waals surface area contributed by atoms with Gasteiger partial charge in [-0.15, -0.1) is 0 Å². The molecule has 6 amide bonds. The fourth-order valence-electron chi connectivity index (χ4n) is 11.8. The van der Waals surface area contributed by atoms with Gasteiger partial charge in [-0.1, -0.05) is 45.9 Å². The minimum Gasteiger partial charge on any atom is -0.493 e. The second-order valence-corrected chi connectivity index (χ2v) is 25.6. The van der Waals surface area contributed by atoms with Crippen molar-refractivity contribution in [2.45, 2.75) is 131 Å². The summed E-state index contributed by atoms with van der Waals surface area (Å²) < 4.78 is 23.5. The van der Waals surface area contributed by atoms with Crippen LogP contribution in [0.4, 0.5) is 17.2 Å². The Morgan fingerprint density at radius 1 is 0.763 bits per heavy atom. The molecule has 0 saturated carbocycles. The van der Waals surface area contributed by atoms with Crippen LogP contribution in [0, 0.1) is 24.7 Å². The van der Waals surface area contributed by atoms with E-state index in [1.54, 1.807) is 102 Å². The first-order valence-corrected chi connectivity index (χ1v) is 33.0. The molecule has 0 radical (unpaired) electrons. The van der Waals surface area contributed by atoms with Gasteiger partial charge in [-0.3, -0.25) is 67.2 Å². The third kappa shape index (κ3) is 19.1. The SMILES string of the molecule is C=C1C[C@H]2C=Nc3cc(OCCCC(=O)Nc4cn(C)c(C(C)=O)n4)c(C)cc3C(=O)N2C1.CCc1cc(C(=O)Nc2cc(C(=O)n3ccc4cc(CC(=O)[C@H](C)NC(=O)[C@@H](CC(=O)CCOCCOCCCC(=O)CCN5C(=O)CC(C)C5=O)C(C)C)ccc43)n(C)c2)n(C)c1. The van der Waals surface area contributed by atoms with Gasteiger partial charge in [0.05, 0.1) is 61.0 Å². The maximum Gasteiger partial charge on any atom is 0.279 e. The van der Waals surface area contributed by atoms with Crippen LogP contribution < -0.4 is 20.7 Å².